The summed E-state index contributed by atoms with van der Waals surface area (Å²) in [5.41, 5.74) is 2.83. The van der Waals surface area contributed by atoms with Gasteiger partial charge in [-0.3, -0.25) is 14.2 Å². The first-order valence-corrected chi connectivity index (χ1v) is 10.9. The van der Waals surface area contributed by atoms with E-state index in [-0.39, 0.29) is 11.5 Å². The minimum absolute atomic E-state index is 0.168. The summed E-state index contributed by atoms with van der Waals surface area (Å²) in [4.78, 5) is 33.1. The molecule has 2 unspecified atom stereocenters. The van der Waals surface area contributed by atoms with E-state index in [4.69, 9.17) is 16.6 Å². The standard InChI is InChI=1S/C26H24ClN3O2/c1-17-11-7-10-16-22(17)30-24(28-21-15-9-8-14-20(21)25(30)31)18(2)29(3)26(32)23(27)19-12-5-4-6-13-19/h4-16,18,23H,1-3H3. The number of aryl methyl sites for hydroxylation is 1. The average molecular weight is 446 g/mol. The van der Waals surface area contributed by atoms with Gasteiger partial charge in [0.1, 0.15) is 11.2 Å². The summed E-state index contributed by atoms with van der Waals surface area (Å²) in [5, 5.41) is -0.303. The molecule has 32 heavy (non-hydrogen) atoms. The van der Waals surface area contributed by atoms with Gasteiger partial charge in [-0.2, -0.15) is 0 Å². The van der Waals surface area contributed by atoms with Crippen molar-refractivity contribution in [2.75, 3.05) is 7.05 Å². The van der Waals surface area contributed by atoms with Crippen LogP contribution >= 0.6 is 11.6 Å². The normalized spacial score (nSPS) is 13.0. The number of aromatic nitrogens is 2. The van der Waals surface area contributed by atoms with Crippen LogP contribution in [0.5, 0.6) is 0 Å². The number of fused-ring (bicyclic) bond motifs is 1. The molecular formula is C26H24ClN3O2. The average Bonchev–Trinajstić information content (AvgIpc) is 2.83. The number of nitrogens with zero attached hydrogens (tertiary/aromatic N) is 3. The Hall–Kier alpha value is -3.44. The lowest BCUT2D eigenvalue weighted by Crippen LogP contribution is -2.36. The largest absolute Gasteiger partial charge is 0.334 e. The first-order valence-electron chi connectivity index (χ1n) is 10.4. The van der Waals surface area contributed by atoms with Crippen LogP contribution in [0.3, 0.4) is 0 Å². The lowest BCUT2D eigenvalue weighted by molar-refractivity contribution is -0.131. The van der Waals surface area contributed by atoms with Crippen molar-refractivity contribution in [1.82, 2.24) is 14.5 Å². The van der Waals surface area contributed by atoms with Gasteiger partial charge in [0, 0.05) is 7.05 Å². The van der Waals surface area contributed by atoms with E-state index in [1.807, 2.05) is 86.6 Å². The molecule has 0 saturated carbocycles. The molecule has 1 aromatic heterocycles. The van der Waals surface area contributed by atoms with Crippen molar-refractivity contribution in [3.8, 4) is 5.69 Å². The molecule has 0 fully saturated rings. The van der Waals surface area contributed by atoms with Gasteiger partial charge in [-0.05, 0) is 43.2 Å². The molecule has 2 atom stereocenters. The molecule has 4 rings (SSSR count). The molecule has 0 aliphatic rings. The molecule has 6 heteroatoms. The second kappa shape index (κ2) is 8.97. The molecule has 0 aliphatic heterocycles. The molecular weight excluding hydrogens is 422 g/mol. The third-order valence-electron chi connectivity index (χ3n) is 5.77. The number of benzene rings is 3. The highest BCUT2D eigenvalue weighted by atomic mass is 35.5. The van der Waals surface area contributed by atoms with Crippen LogP contribution in [0, 0.1) is 6.92 Å². The van der Waals surface area contributed by atoms with Crippen molar-refractivity contribution in [2.45, 2.75) is 25.3 Å². The van der Waals surface area contributed by atoms with E-state index in [1.165, 1.54) is 0 Å². The maximum Gasteiger partial charge on any atom is 0.266 e. The molecule has 0 spiro atoms. The van der Waals surface area contributed by atoms with Gasteiger partial charge in [0.15, 0.2) is 0 Å². The van der Waals surface area contributed by atoms with E-state index >= 15 is 0 Å². The third-order valence-corrected chi connectivity index (χ3v) is 6.21. The molecule has 0 radical (unpaired) electrons. The number of carbonyl (C=O) groups is 1. The molecule has 0 N–H and O–H groups in total. The maximum absolute atomic E-state index is 13.5. The summed E-state index contributed by atoms with van der Waals surface area (Å²) < 4.78 is 1.61. The number of hydrogen-bond donors (Lipinski definition) is 0. The molecule has 5 nitrogen and oxygen atoms in total. The monoisotopic (exact) mass is 445 g/mol. The Morgan fingerprint density at radius 1 is 0.969 bits per heavy atom. The number of amides is 1. The van der Waals surface area contributed by atoms with Crippen molar-refractivity contribution in [3.63, 3.8) is 0 Å². The fourth-order valence-electron chi connectivity index (χ4n) is 3.78. The summed E-state index contributed by atoms with van der Waals surface area (Å²) in [6.45, 7) is 3.81. The number of halogens is 1. The van der Waals surface area contributed by atoms with E-state index in [2.05, 4.69) is 0 Å². The van der Waals surface area contributed by atoms with Crippen LogP contribution in [0.4, 0.5) is 0 Å². The van der Waals surface area contributed by atoms with Crippen LogP contribution in [0.25, 0.3) is 16.6 Å². The van der Waals surface area contributed by atoms with Gasteiger partial charge in [-0.1, -0.05) is 60.7 Å². The highest BCUT2D eigenvalue weighted by Gasteiger charge is 2.29. The second-order valence-corrected chi connectivity index (χ2v) is 8.25. The smallest absolute Gasteiger partial charge is 0.266 e. The van der Waals surface area contributed by atoms with Crippen LogP contribution in [0.2, 0.25) is 0 Å². The molecule has 0 bridgehead atoms. The van der Waals surface area contributed by atoms with Crippen molar-refractivity contribution in [2.24, 2.45) is 0 Å². The summed E-state index contributed by atoms with van der Waals surface area (Å²) in [5.74, 6) is 0.222. The quantitative estimate of drug-likeness (QED) is 0.397. The predicted octanol–water partition coefficient (Wildman–Crippen LogP) is 5.19. The van der Waals surface area contributed by atoms with E-state index in [0.29, 0.717) is 16.7 Å². The van der Waals surface area contributed by atoms with Gasteiger partial charge < -0.3 is 4.90 Å². The molecule has 0 saturated heterocycles. The number of alkyl halides is 1. The van der Waals surface area contributed by atoms with Gasteiger partial charge in [0.05, 0.1) is 22.6 Å². The SMILES string of the molecule is Cc1ccccc1-n1c(C(C)N(C)C(=O)C(Cl)c2ccccc2)nc2ccccc2c1=O. The Balaban J connectivity index is 1.84. The Bertz CT molecular complexity index is 1330. The molecule has 1 heterocycles. The summed E-state index contributed by atoms with van der Waals surface area (Å²) >= 11 is 6.51. The van der Waals surface area contributed by atoms with Gasteiger partial charge in [-0.25, -0.2) is 4.98 Å². The van der Waals surface area contributed by atoms with Crippen molar-refractivity contribution in [3.05, 3.63) is 106 Å². The summed E-state index contributed by atoms with van der Waals surface area (Å²) in [6.07, 6.45) is 0. The molecule has 0 aliphatic carbocycles. The summed E-state index contributed by atoms with van der Waals surface area (Å²) in [6, 6.07) is 23.6. The van der Waals surface area contributed by atoms with Crippen molar-refractivity contribution >= 4 is 28.4 Å². The van der Waals surface area contributed by atoms with Gasteiger partial charge in [0.2, 0.25) is 5.91 Å². The minimum atomic E-state index is -0.831. The number of para-hydroxylation sites is 2. The van der Waals surface area contributed by atoms with Crippen molar-refractivity contribution < 1.29 is 4.79 Å². The van der Waals surface area contributed by atoms with Crippen LogP contribution in [-0.4, -0.2) is 27.4 Å². The van der Waals surface area contributed by atoms with Gasteiger partial charge >= 0.3 is 0 Å². The Kier molecular flexibility index (Phi) is 6.10. The van der Waals surface area contributed by atoms with Gasteiger partial charge in [0.25, 0.3) is 5.56 Å². The fraction of sp³-hybridized carbons (Fsp3) is 0.192. The van der Waals surface area contributed by atoms with Gasteiger partial charge in [-0.15, -0.1) is 11.6 Å². The van der Waals surface area contributed by atoms with E-state index in [0.717, 1.165) is 16.8 Å². The Morgan fingerprint density at radius 2 is 1.59 bits per heavy atom. The van der Waals surface area contributed by atoms with Crippen LogP contribution in [0.1, 0.15) is 35.3 Å². The Labute approximate surface area is 191 Å². The summed E-state index contributed by atoms with van der Waals surface area (Å²) in [7, 11) is 1.69. The van der Waals surface area contributed by atoms with E-state index in [1.54, 1.807) is 22.6 Å². The first kappa shape index (κ1) is 21.8. The van der Waals surface area contributed by atoms with E-state index < -0.39 is 11.4 Å². The number of rotatable bonds is 5. The Morgan fingerprint density at radius 3 is 2.31 bits per heavy atom. The van der Waals surface area contributed by atoms with Crippen LogP contribution in [-0.2, 0) is 4.79 Å². The number of hydrogen-bond acceptors (Lipinski definition) is 3. The van der Waals surface area contributed by atoms with Crippen molar-refractivity contribution in [1.29, 1.82) is 0 Å². The lowest BCUT2D eigenvalue weighted by Gasteiger charge is -2.29. The third kappa shape index (κ3) is 3.92. The molecule has 3 aromatic carbocycles. The zero-order valence-electron chi connectivity index (χ0n) is 18.2. The van der Waals surface area contributed by atoms with Crippen LogP contribution in [0.15, 0.2) is 83.7 Å². The predicted molar refractivity (Wildman–Crippen MR) is 128 cm³/mol. The number of likely N-dealkylation sites (N-methyl/N-ethyl adjacent to an activating group) is 1. The zero-order valence-corrected chi connectivity index (χ0v) is 19.0. The molecule has 162 valence electrons. The van der Waals surface area contributed by atoms with Crippen LogP contribution < -0.4 is 5.56 Å². The topological polar surface area (TPSA) is 55.2 Å². The fourth-order valence-corrected chi connectivity index (χ4v) is 4.08. The number of carbonyl (C=O) groups excluding carboxylic acids is 1. The maximum atomic E-state index is 13.5. The first-order chi connectivity index (χ1) is 15.4. The lowest BCUT2D eigenvalue weighted by atomic mass is 10.1. The van der Waals surface area contributed by atoms with E-state index in [9.17, 15) is 9.59 Å². The second-order valence-electron chi connectivity index (χ2n) is 7.81. The highest BCUT2D eigenvalue weighted by Crippen LogP contribution is 2.28. The molecule has 1 amide bonds. The molecule has 4 aromatic rings. The zero-order chi connectivity index (χ0) is 22.8. The highest BCUT2D eigenvalue weighted by molar-refractivity contribution is 6.30. The minimum Gasteiger partial charge on any atom is -0.334 e.